The third-order valence-electron chi connectivity index (χ3n) is 2.87. The molecule has 0 aliphatic carbocycles. The summed E-state index contributed by atoms with van der Waals surface area (Å²) in [6.45, 7) is 1.47. The van der Waals surface area contributed by atoms with Gasteiger partial charge in [0.2, 0.25) is 0 Å². The zero-order valence-electron chi connectivity index (χ0n) is 9.87. The first-order chi connectivity index (χ1) is 8.41. The van der Waals surface area contributed by atoms with E-state index in [0.29, 0.717) is 5.69 Å². The van der Waals surface area contributed by atoms with Gasteiger partial charge in [0.15, 0.2) is 0 Å². The Bertz CT molecular complexity index is 632. The molecule has 0 saturated heterocycles. The van der Waals surface area contributed by atoms with Gasteiger partial charge >= 0.3 is 5.97 Å². The van der Waals surface area contributed by atoms with Crippen LogP contribution in [0.2, 0.25) is 0 Å². The van der Waals surface area contributed by atoms with Crippen molar-refractivity contribution >= 4 is 5.97 Å². The number of halogens is 2. The van der Waals surface area contributed by atoms with Gasteiger partial charge in [-0.2, -0.15) is 0 Å². The van der Waals surface area contributed by atoms with Crippen LogP contribution in [-0.4, -0.2) is 15.6 Å². The molecule has 0 unspecified atom stereocenters. The van der Waals surface area contributed by atoms with Crippen molar-refractivity contribution in [3.8, 4) is 11.3 Å². The number of hydrogen-bond acceptors (Lipinski definition) is 1. The summed E-state index contributed by atoms with van der Waals surface area (Å²) in [6.07, 6.45) is 0. The molecule has 0 saturated carbocycles. The van der Waals surface area contributed by atoms with E-state index in [0.717, 1.165) is 12.1 Å². The molecule has 1 heterocycles. The van der Waals surface area contributed by atoms with Crippen molar-refractivity contribution in [1.82, 2.24) is 4.57 Å². The molecule has 3 nitrogen and oxygen atoms in total. The van der Waals surface area contributed by atoms with Gasteiger partial charge in [-0.25, -0.2) is 13.6 Å². The second-order valence-corrected chi connectivity index (χ2v) is 4.05. The van der Waals surface area contributed by atoms with Crippen molar-refractivity contribution < 1.29 is 18.7 Å². The SMILES string of the molecule is Cc1cc(F)c(-c2ccc(C(=O)O)n2C)cc1F. The summed E-state index contributed by atoms with van der Waals surface area (Å²) in [7, 11) is 1.50. The van der Waals surface area contributed by atoms with E-state index in [2.05, 4.69) is 0 Å². The van der Waals surface area contributed by atoms with Gasteiger partial charge in [-0.15, -0.1) is 0 Å². The van der Waals surface area contributed by atoms with E-state index in [4.69, 9.17) is 5.11 Å². The van der Waals surface area contributed by atoms with Gasteiger partial charge in [0.25, 0.3) is 0 Å². The van der Waals surface area contributed by atoms with Crippen molar-refractivity contribution in [2.45, 2.75) is 6.92 Å². The summed E-state index contributed by atoms with van der Waals surface area (Å²) in [5.74, 6) is -2.21. The molecule has 0 fully saturated rings. The number of carboxylic acids is 1. The van der Waals surface area contributed by atoms with Crippen molar-refractivity contribution in [3.63, 3.8) is 0 Å². The molecule has 0 amide bonds. The molecule has 2 rings (SSSR count). The molecule has 5 heteroatoms. The van der Waals surface area contributed by atoms with Gasteiger partial charge < -0.3 is 9.67 Å². The highest BCUT2D eigenvalue weighted by atomic mass is 19.1. The molecule has 18 heavy (non-hydrogen) atoms. The molecule has 0 spiro atoms. The first-order valence-corrected chi connectivity index (χ1v) is 5.27. The third kappa shape index (κ3) is 1.88. The fourth-order valence-corrected chi connectivity index (χ4v) is 1.84. The van der Waals surface area contributed by atoms with Crippen LogP contribution in [0.5, 0.6) is 0 Å². The molecule has 1 aromatic carbocycles. The molecule has 1 N–H and O–H groups in total. The number of aromatic carboxylic acids is 1. The Morgan fingerprint density at radius 1 is 1.22 bits per heavy atom. The zero-order chi connectivity index (χ0) is 13.4. The summed E-state index contributed by atoms with van der Waals surface area (Å²) < 4.78 is 28.5. The second kappa shape index (κ2) is 4.25. The average Bonchev–Trinajstić information content (AvgIpc) is 2.66. The number of benzene rings is 1. The van der Waals surface area contributed by atoms with Crippen LogP contribution in [0.1, 0.15) is 16.1 Å². The maximum atomic E-state index is 13.8. The number of rotatable bonds is 2. The smallest absolute Gasteiger partial charge is 0.352 e. The molecule has 1 aromatic heterocycles. The van der Waals surface area contributed by atoms with Crippen molar-refractivity contribution in [1.29, 1.82) is 0 Å². The molecule has 0 aliphatic rings. The predicted molar refractivity (Wildman–Crippen MR) is 62.5 cm³/mol. The number of carbonyl (C=O) groups is 1. The fraction of sp³-hybridized carbons (Fsp3) is 0.154. The Labute approximate surface area is 102 Å². The van der Waals surface area contributed by atoms with Crippen LogP contribution in [0.4, 0.5) is 8.78 Å². The summed E-state index contributed by atoms with van der Waals surface area (Å²) >= 11 is 0. The first kappa shape index (κ1) is 12.3. The lowest BCUT2D eigenvalue weighted by molar-refractivity contribution is 0.0686. The van der Waals surface area contributed by atoms with Crippen LogP contribution in [0.15, 0.2) is 24.3 Å². The summed E-state index contributed by atoms with van der Waals surface area (Å²) in [5, 5.41) is 8.91. The Morgan fingerprint density at radius 3 is 2.44 bits per heavy atom. The highest BCUT2D eigenvalue weighted by molar-refractivity contribution is 5.87. The van der Waals surface area contributed by atoms with Crippen molar-refractivity contribution in [2.24, 2.45) is 7.05 Å². The van der Waals surface area contributed by atoms with Gasteiger partial charge in [-0.3, -0.25) is 0 Å². The van der Waals surface area contributed by atoms with Crippen LogP contribution < -0.4 is 0 Å². The van der Waals surface area contributed by atoms with Crippen LogP contribution in [0.25, 0.3) is 11.3 Å². The number of carboxylic acid groups (broad SMARTS) is 1. The molecular weight excluding hydrogens is 240 g/mol. The molecule has 0 atom stereocenters. The molecule has 0 bridgehead atoms. The molecule has 0 radical (unpaired) electrons. The number of hydrogen-bond donors (Lipinski definition) is 1. The van der Waals surface area contributed by atoms with E-state index >= 15 is 0 Å². The van der Waals surface area contributed by atoms with Crippen LogP contribution >= 0.6 is 0 Å². The van der Waals surface area contributed by atoms with E-state index in [1.165, 1.54) is 30.7 Å². The van der Waals surface area contributed by atoms with Crippen LogP contribution in [-0.2, 0) is 7.05 Å². The van der Waals surface area contributed by atoms with Gasteiger partial charge in [0.1, 0.15) is 17.3 Å². The lowest BCUT2D eigenvalue weighted by atomic mass is 10.1. The minimum absolute atomic E-state index is 0.0189. The van der Waals surface area contributed by atoms with E-state index in [9.17, 15) is 13.6 Å². The minimum Gasteiger partial charge on any atom is -0.477 e. The Morgan fingerprint density at radius 2 is 1.89 bits per heavy atom. The van der Waals surface area contributed by atoms with Crippen LogP contribution in [0.3, 0.4) is 0 Å². The molecule has 0 aliphatic heterocycles. The van der Waals surface area contributed by atoms with Gasteiger partial charge in [0.05, 0.1) is 5.69 Å². The standard InChI is InChI=1S/C13H11F2NO2/c1-7-5-10(15)8(6-9(7)14)11-3-4-12(13(17)18)16(11)2/h3-6H,1-2H3,(H,17,18). The quantitative estimate of drug-likeness (QED) is 0.891. The van der Waals surface area contributed by atoms with Gasteiger partial charge in [-0.1, -0.05) is 0 Å². The summed E-state index contributed by atoms with van der Waals surface area (Å²) in [4.78, 5) is 10.9. The van der Waals surface area contributed by atoms with E-state index in [-0.39, 0.29) is 16.8 Å². The topological polar surface area (TPSA) is 42.2 Å². The maximum Gasteiger partial charge on any atom is 0.352 e. The number of aryl methyl sites for hydroxylation is 1. The minimum atomic E-state index is -1.11. The van der Waals surface area contributed by atoms with Crippen molar-refractivity contribution in [3.05, 3.63) is 47.2 Å². The first-order valence-electron chi connectivity index (χ1n) is 5.27. The summed E-state index contributed by atoms with van der Waals surface area (Å²) in [6, 6.07) is 4.98. The molecule has 94 valence electrons. The highest BCUT2D eigenvalue weighted by Gasteiger charge is 2.16. The molecule has 2 aromatic rings. The molecular formula is C13H11F2NO2. The normalized spacial score (nSPS) is 10.7. The number of nitrogens with zero attached hydrogens (tertiary/aromatic N) is 1. The highest BCUT2D eigenvalue weighted by Crippen LogP contribution is 2.26. The monoisotopic (exact) mass is 251 g/mol. The van der Waals surface area contributed by atoms with E-state index in [1.54, 1.807) is 0 Å². The zero-order valence-corrected chi connectivity index (χ0v) is 9.87. The predicted octanol–water partition coefficient (Wildman–Crippen LogP) is 2.98. The Balaban J connectivity index is 2.63. The Hall–Kier alpha value is -2.17. The van der Waals surface area contributed by atoms with E-state index < -0.39 is 17.6 Å². The van der Waals surface area contributed by atoms with E-state index in [1.807, 2.05) is 0 Å². The largest absolute Gasteiger partial charge is 0.477 e. The third-order valence-corrected chi connectivity index (χ3v) is 2.87. The Kier molecular flexibility index (Phi) is 2.90. The van der Waals surface area contributed by atoms with Gasteiger partial charge in [0, 0.05) is 12.6 Å². The lowest BCUT2D eigenvalue weighted by Crippen LogP contribution is -2.05. The second-order valence-electron chi connectivity index (χ2n) is 4.05. The number of aromatic nitrogens is 1. The van der Waals surface area contributed by atoms with Crippen LogP contribution in [0, 0.1) is 18.6 Å². The lowest BCUT2D eigenvalue weighted by Gasteiger charge is -2.08. The summed E-state index contributed by atoms with van der Waals surface area (Å²) in [5.41, 5.74) is 0.603. The fourth-order valence-electron chi connectivity index (χ4n) is 1.84. The average molecular weight is 251 g/mol. The van der Waals surface area contributed by atoms with Gasteiger partial charge in [-0.05, 0) is 36.8 Å². The van der Waals surface area contributed by atoms with Crippen molar-refractivity contribution in [2.75, 3.05) is 0 Å². The maximum absolute atomic E-state index is 13.8.